The molecule has 1 saturated heterocycles. The van der Waals surface area contributed by atoms with Gasteiger partial charge in [-0.15, -0.1) is 11.3 Å². The normalized spacial score (nSPS) is 15.6. The molecule has 0 radical (unpaired) electrons. The molecular weight excluding hydrogens is 440 g/mol. The Bertz CT molecular complexity index is 1290. The van der Waals surface area contributed by atoms with Gasteiger partial charge in [-0.1, -0.05) is 0 Å². The third kappa shape index (κ3) is 4.55. The van der Waals surface area contributed by atoms with Crippen molar-refractivity contribution in [2.24, 2.45) is 0 Å². The topological polar surface area (TPSA) is 98.4 Å². The van der Waals surface area contributed by atoms with Crippen molar-refractivity contribution < 1.29 is 19.0 Å². The Morgan fingerprint density at radius 1 is 1.18 bits per heavy atom. The van der Waals surface area contributed by atoms with Gasteiger partial charge in [0, 0.05) is 23.2 Å². The van der Waals surface area contributed by atoms with Crippen LogP contribution in [0.4, 0.5) is 5.69 Å². The maximum Gasteiger partial charge on any atom is 0.230 e. The van der Waals surface area contributed by atoms with Crippen molar-refractivity contribution in [2.45, 2.75) is 25.4 Å². The summed E-state index contributed by atoms with van der Waals surface area (Å²) >= 11 is 1.49. The molecule has 1 unspecified atom stereocenters. The van der Waals surface area contributed by atoms with Crippen molar-refractivity contribution in [3.8, 4) is 22.1 Å². The number of rotatable bonds is 7. The first-order valence-corrected chi connectivity index (χ1v) is 11.6. The number of nitrogens with one attached hydrogen (secondary N) is 2. The number of aromatic nitrogens is 3. The van der Waals surface area contributed by atoms with Gasteiger partial charge in [-0.2, -0.15) is 0 Å². The number of aromatic amines is 1. The van der Waals surface area contributed by atoms with E-state index in [1.807, 2.05) is 41.8 Å². The van der Waals surface area contributed by atoms with E-state index in [9.17, 15) is 4.79 Å². The summed E-state index contributed by atoms with van der Waals surface area (Å²) < 4.78 is 16.4. The van der Waals surface area contributed by atoms with Crippen LogP contribution in [0.2, 0.25) is 0 Å². The molecule has 2 aromatic carbocycles. The summed E-state index contributed by atoms with van der Waals surface area (Å²) in [6.07, 6.45) is 2.24. The zero-order valence-corrected chi connectivity index (χ0v) is 19.2. The van der Waals surface area contributed by atoms with Gasteiger partial charge in [-0.05, 0) is 49.2 Å². The molecule has 2 N–H and O–H groups in total. The van der Waals surface area contributed by atoms with Crippen LogP contribution in [0.5, 0.6) is 11.5 Å². The second-order valence-corrected chi connectivity index (χ2v) is 8.65. The molecule has 1 atom stereocenters. The third-order valence-electron chi connectivity index (χ3n) is 5.54. The van der Waals surface area contributed by atoms with E-state index in [1.54, 1.807) is 14.2 Å². The second kappa shape index (κ2) is 9.21. The molecule has 1 amide bonds. The maximum atomic E-state index is 12.6. The summed E-state index contributed by atoms with van der Waals surface area (Å²) in [5.74, 6) is 2.02. The van der Waals surface area contributed by atoms with E-state index in [0.29, 0.717) is 22.9 Å². The summed E-state index contributed by atoms with van der Waals surface area (Å²) in [5, 5.41) is 5.67. The number of anilines is 1. The fraction of sp³-hybridized carbons (Fsp3) is 0.292. The molecule has 0 aliphatic carbocycles. The molecule has 3 heterocycles. The Balaban J connectivity index is 1.26. The molecule has 5 rings (SSSR count). The lowest BCUT2D eigenvalue weighted by Crippen LogP contribution is -2.14. The number of ether oxygens (including phenoxy) is 3. The number of amides is 1. The molecular formula is C24H24N4O4S. The van der Waals surface area contributed by atoms with Crippen LogP contribution >= 0.6 is 11.3 Å². The van der Waals surface area contributed by atoms with Gasteiger partial charge in [0.05, 0.1) is 37.4 Å². The Hall–Kier alpha value is -3.43. The first-order valence-electron chi connectivity index (χ1n) is 10.7. The smallest absolute Gasteiger partial charge is 0.230 e. The van der Waals surface area contributed by atoms with E-state index in [4.69, 9.17) is 14.2 Å². The highest BCUT2D eigenvalue weighted by Gasteiger charge is 2.21. The van der Waals surface area contributed by atoms with Gasteiger partial charge in [-0.25, -0.2) is 9.97 Å². The van der Waals surface area contributed by atoms with Crippen molar-refractivity contribution in [3.05, 3.63) is 53.3 Å². The average molecular weight is 465 g/mol. The Morgan fingerprint density at radius 2 is 2.06 bits per heavy atom. The fourth-order valence-electron chi connectivity index (χ4n) is 3.91. The number of H-pyrrole nitrogens is 1. The predicted octanol–water partition coefficient (Wildman–Crippen LogP) is 4.74. The maximum absolute atomic E-state index is 12.6. The Labute approximate surface area is 194 Å². The fourth-order valence-corrected chi connectivity index (χ4v) is 4.73. The molecule has 1 aliphatic rings. The van der Waals surface area contributed by atoms with Gasteiger partial charge < -0.3 is 24.5 Å². The van der Waals surface area contributed by atoms with Crippen molar-refractivity contribution in [3.63, 3.8) is 0 Å². The Morgan fingerprint density at radius 3 is 2.85 bits per heavy atom. The van der Waals surface area contributed by atoms with Gasteiger partial charge in [-0.3, -0.25) is 4.79 Å². The predicted molar refractivity (Wildman–Crippen MR) is 127 cm³/mol. The molecule has 0 bridgehead atoms. The second-order valence-electron chi connectivity index (χ2n) is 7.79. The van der Waals surface area contributed by atoms with Crippen molar-refractivity contribution >= 4 is 34.0 Å². The van der Waals surface area contributed by atoms with Crippen LogP contribution in [0.3, 0.4) is 0 Å². The highest BCUT2D eigenvalue weighted by atomic mass is 32.1. The number of methoxy groups -OCH3 is 2. The number of hydrogen-bond acceptors (Lipinski definition) is 7. The number of carbonyl (C=O) groups is 1. The first kappa shape index (κ1) is 21.4. The highest BCUT2D eigenvalue weighted by molar-refractivity contribution is 7.13. The zero-order chi connectivity index (χ0) is 22.8. The summed E-state index contributed by atoms with van der Waals surface area (Å²) in [4.78, 5) is 25.2. The summed E-state index contributed by atoms with van der Waals surface area (Å²) in [6, 6.07) is 11.3. The third-order valence-corrected chi connectivity index (χ3v) is 6.48. The molecule has 8 nitrogen and oxygen atoms in total. The Kier molecular flexibility index (Phi) is 5.97. The molecule has 170 valence electrons. The van der Waals surface area contributed by atoms with E-state index in [0.717, 1.165) is 46.9 Å². The van der Waals surface area contributed by atoms with Crippen LogP contribution in [-0.4, -0.2) is 41.7 Å². The minimum atomic E-state index is -0.127. The van der Waals surface area contributed by atoms with Gasteiger partial charge >= 0.3 is 0 Å². The van der Waals surface area contributed by atoms with E-state index in [2.05, 4.69) is 20.3 Å². The van der Waals surface area contributed by atoms with Crippen LogP contribution in [-0.2, 0) is 16.0 Å². The van der Waals surface area contributed by atoms with Crippen molar-refractivity contribution in [2.75, 3.05) is 26.1 Å². The summed E-state index contributed by atoms with van der Waals surface area (Å²) in [5.41, 5.74) is 4.08. The zero-order valence-electron chi connectivity index (χ0n) is 18.4. The lowest BCUT2D eigenvalue weighted by atomic mass is 10.2. The van der Waals surface area contributed by atoms with Gasteiger partial charge in [0.2, 0.25) is 5.91 Å². The average Bonchev–Trinajstić information content (AvgIpc) is 3.58. The minimum Gasteiger partial charge on any atom is -0.493 e. The van der Waals surface area contributed by atoms with E-state index in [-0.39, 0.29) is 18.4 Å². The number of nitrogens with zero attached hydrogens (tertiary/aromatic N) is 2. The standard InChI is InChI=1S/C24H24N4O4S/c1-30-19-8-5-14(10-21(19)31-2)24-26-16(13-33-24)12-22(29)25-15-6-7-17-18(11-15)28-23(27-17)20-4-3-9-32-20/h5-8,10-11,13,20H,3-4,9,12H2,1-2H3,(H,25,29)(H,27,28). The number of fused-ring (bicyclic) bond motifs is 1. The molecule has 4 aromatic rings. The number of thiazole rings is 1. The molecule has 9 heteroatoms. The van der Waals surface area contributed by atoms with Gasteiger partial charge in [0.15, 0.2) is 11.5 Å². The van der Waals surface area contributed by atoms with E-state index >= 15 is 0 Å². The van der Waals surface area contributed by atoms with Crippen LogP contribution in [0.1, 0.15) is 30.5 Å². The first-order chi connectivity index (χ1) is 16.1. The number of carbonyl (C=O) groups excluding carboxylic acids is 1. The van der Waals surface area contributed by atoms with Gasteiger partial charge in [0.1, 0.15) is 16.9 Å². The lowest BCUT2D eigenvalue weighted by molar-refractivity contribution is -0.115. The molecule has 33 heavy (non-hydrogen) atoms. The molecule has 1 aliphatic heterocycles. The SMILES string of the molecule is COc1ccc(-c2nc(CC(=O)Nc3ccc4nc(C5CCCO5)[nH]c4c3)cs2)cc1OC. The largest absolute Gasteiger partial charge is 0.493 e. The molecule has 2 aromatic heterocycles. The molecule has 0 spiro atoms. The highest BCUT2D eigenvalue weighted by Crippen LogP contribution is 2.34. The van der Waals surface area contributed by atoms with Gasteiger partial charge in [0.25, 0.3) is 0 Å². The molecule has 1 fully saturated rings. The van der Waals surface area contributed by atoms with Crippen molar-refractivity contribution in [1.82, 2.24) is 15.0 Å². The summed E-state index contributed by atoms with van der Waals surface area (Å²) in [7, 11) is 3.20. The molecule has 0 saturated carbocycles. The summed E-state index contributed by atoms with van der Waals surface area (Å²) in [6.45, 7) is 0.771. The minimum absolute atomic E-state index is 0.0278. The van der Waals surface area contributed by atoms with Crippen molar-refractivity contribution in [1.29, 1.82) is 0 Å². The van der Waals surface area contributed by atoms with Crippen LogP contribution in [0.15, 0.2) is 41.8 Å². The van der Waals surface area contributed by atoms with Crippen LogP contribution < -0.4 is 14.8 Å². The van der Waals surface area contributed by atoms with E-state index in [1.165, 1.54) is 11.3 Å². The van der Waals surface area contributed by atoms with E-state index < -0.39 is 0 Å². The quantitative estimate of drug-likeness (QED) is 0.410. The van der Waals surface area contributed by atoms with Crippen LogP contribution in [0, 0.1) is 0 Å². The number of imidazole rings is 1. The number of benzene rings is 2. The van der Waals surface area contributed by atoms with Crippen LogP contribution in [0.25, 0.3) is 21.6 Å². The lowest BCUT2D eigenvalue weighted by Gasteiger charge is -2.08. The monoisotopic (exact) mass is 464 g/mol. The number of hydrogen-bond donors (Lipinski definition) is 2.